The second kappa shape index (κ2) is 14.9. The van der Waals surface area contributed by atoms with Gasteiger partial charge in [-0.3, -0.25) is 0 Å². The van der Waals surface area contributed by atoms with Crippen LogP contribution in [0.15, 0.2) is 60.7 Å². The molecule has 2 heterocycles. The lowest BCUT2D eigenvalue weighted by molar-refractivity contribution is -0.211. The Balaban J connectivity index is 1.70. The van der Waals surface area contributed by atoms with Gasteiger partial charge in [-0.15, -0.1) is 0 Å². The third-order valence-electron chi connectivity index (χ3n) is 6.92. The molecule has 8 nitrogen and oxygen atoms in total. The average molecular weight is 687 g/mol. The van der Waals surface area contributed by atoms with Gasteiger partial charge < -0.3 is 14.2 Å². The molecule has 0 N–H and O–H groups in total. The van der Waals surface area contributed by atoms with E-state index in [9.17, 15) is 12.8 Å². The lowest BCUT2D eigenvalue weighted by atomic mass is 9.96. The molecule has 0 saturated carbocycles. The molecule has 1 aromatic heterocycles. The van der Waals surface area contributed by atoms with Crippen molar-refractivity contribution in [3.05, 3.63) is 83.3 Å². The van der Waals surface area contributed by atoms with Gasteiger partial charge in [0.25, 0.3) is 0 Å². The lowest BCUT2D eigenvalue weighted by Gasteiger charge is -2.34. The van der Waals surface area contributed by atoms with Crippen molar-refractivity contribution in [2.45, 2.75) is 61.5 Å². The number of alkyl halides is 3. The van der Waals surface area contributed by atoms with Crippen LogP contribution in [0.1, 0.15) is 49.4 Å². The molecule has 1 fully saturated rings. The normalized spacial score (nSPS) is 19.5. The predicted octanol–water partition coefficient (Wildman–Crippen LogP) is 7.29. The SMILES string of the molecule is CC(C)c1nc(N(C)S(C)(=O)=O)nc(-c2ccc(F)cc2)c1/C=C/[C@H]1C[C@H](OCc2ccccc2)CC(OCC(Cl)(Cl)Cl)O1. The first-order chi connectivity index (χ1) is 20.7. The van der Waals surface area contributed by atoms with Gasteiger partial charge in [-0.25, -0.2) is 27.1 Å². The van der Waals surface area contributed by atoms with Crippen LogP contribution in [0.3, 0.4) is 0 Å². The first-order valence-electron chi connectivity index (χ1n) is 14.0. The molecule has 0 amide bonds. The van der Waals surface area contributed by atoms with E-state index < -0.39 is 32.0 Å². The first kappa shape index (κ1) is 34.6. The molecule has 1 aliphatic rings. The van der Waals surface area contributed by atoms with Crippen LogP contribution in [-0.4, -0.2) is 60.6 Å². The third-order valence-corrected chi connectivity index (χ3v) is 8.41. The smallest absolute Gasteiger partial charge is 0.239 e. The summed E-state index contributed by atoms with van der Waals surface area (Å²) in [5, 5.41) is 0. The molecule has 238 valence electrons. The second-order valence-electron chi connectivity index (χ2n) is 10.8. The van der Waals surface area contributed by atoms with Crippen molar-refractivity contribution in [2.75, 3.05) is 24.2 Å². The zero-order valence-electron chi connectivity index (χ0n) is 24.8. The molecule has 0 aliphatic carbocycles. The fraction of sp³-hybridized carbons (Fsp3) is 0.419. The summed E-state index contributed by atoms with van der Waals surface area (Å²) in [5.41, 5.74) is 3.33. The largest absolute Gasteiger partial charge is 0.373 e. The van der Waals surface area contributed by atoms with Crippen LogP contribution in [0.4, 0.5) is 10.3 Å². The van der Waals surface area contributed by atoms with Crippen LogP contribution in [0.5, 0.6) is 0 Å². The molecule has 0 bridgehead atoms. The van der Waals surface area contributed by atoms with E-state index >= 15 is 0 Å². The Hall–Kier alpha value is -2.31. The summed E-state index contributed by atoms with van der Waals surface area (Å²) in [6.07, 6.45) is 4.37. The number of nitrogens with zero attached hydrogens (tertiary/aromatic N) is 3. The van der Waals surface area contributed by atoms with Gasteiger partial charge in [0.1, 0.15) is 5.82 Å². The highest BCUT2D eigenvalue weighted by Gasteiger charge is 2.32. The number of hydrogen-bond acceptors (Lipinski definition) is 7. The average Bonchev–Trinajstić information content (AvgIpc) is 2.97. The summed E-state index contributed by atoms with van der Waals surface area (Å²) >= 11 is 17.8. The Kier molecular flexibility index (Phi) is 11.7. The zero-order chi connectivity index (χ0) is 32.1. The minimum absolute atomic E-state index is 0.0103. The number of ether oxygens (including phenoxy) is 3. The number of rotatable bonds is 11. The highest BCUT2D eigenvalue weighted by Crippen LogP contribution is 2.34. The maximum atomic E-state index is 13.8. The molecule has 0 spiro atoms. The molecule has 4 rings (SSSR count). The predicted molar refractivity (Wildman–Crippen MR) is 173 cm³/mol. The van der Waals surface area contributed by atoms with Crippen LogP contribution in [0, 0.1) is 5.82 Å². The van der Waals surface area contributed by atoms with Gasteiger partial charge >= 0.3 is 0 Å². The molecular weight excluding hydrogens is 652 g/mol. The monoisotopic (exact) mass is 685 g/mol. The lowest BCUT2D eigenvalue weighted by Crippen LogP contribution is -2.38. The quantitative estimate of drug-likeness (QED) is 0.196. The Morgan fingerprint density at radius 1 is 1.07 bits per heavy atom. The van der Waals surface area contributed by atoms with Crippen molar-refractivity contribution in [1.82, 2.24) is 9.97 Å². The van der Waals surface area contributed by atoms with Crippen molar-refractivity contribution in [1.29, 1.82) is 0 Å². The fourth-order valence-corrected chi connectivity index (χ4v) is 5.19. The van der Waals surface area contributed by atoms with Crippen LogP contribution in [0.25, 0.3) is 17.3 Å². The van der Waals surface area contributed by atoms with Crippen molar-refractivity contribution in [3.63, 3.8) is 0 Å². The molecule has 2 aromatic carbocycles. The third kappa shape index (κ3) is 9.84. The van der Waals surface area contributed by atoms with E-state index in [2.05, 4.69) is 9.97 Å². The molecule has 1 saturated heterocycles. The van der Waals surface area contributed by atoms with Crippen LogP contribution < -0.4 is 4.31 Å². The van der Waals surface area contributed by atoms with Crippen molar-refractivity contribution in [3.8, 4) is 11.3 Å². The Bertz CT molecular complexity index is 1540. The van der Waals surface area contributed by atoms with E-state index in [0.29, 0.717) is 42.0 Å². The molecule has 1 unspecified atom stereocenters. The molecule has 1 aliphatic heterocycles. The highest BCUT2D eigenvalue weighted by molar-refractivity contribution is 7.92. The van der Waals surface area contributed by atoms with Gasteiger partial charge in [0.2, 0.25) is 19.8 Å². The maximum Gasteiger partial charge on any atom is 0.239 e. The summed E-state index contributed by atoms with van der Waals surface area (Å²) in [7, 11) is -2.26. The van der Waals surface area contributed by atoms with Crippen LogP contribution >= 0.6 is 34.8 Å². The summed E-state index contributed by atoms with van der Waals surface area (Å²) < 4.78 is 56.2. The molecule has 44 heavy (non-hydrogen) atoms. The van der Waals surface area contributed by atoms with E-state index in [1.165, 1.54) is 19.2 Å². The number of anilines is 1. The topological polar surface area (TPSA) is 90.9 Å². The standard InChI is InChI=1S/C31H35Cl3FN3O5S/c1-20(2)28-26(29(22-10-12-23(35)13-11-22)37-30(36-28)38(3)44(4,39)40)15-14-24-16-25(41-18-21-8-6-5-7-9-21)17-27(43-24)42-19-31(32,33)34/h5-15,20,24-25,27H,16-19H2,1-4H3/b15-14+/t24-,25-,27?/m0/s1. The van der Waals surface area contributed by atoms with Gasteiger partial charge in [-0.1, -0.05) is 91.1 Å². The van der Waals surface area contributed by atoms with Crippen LogP contribution in [0.2, 0.25) is 0 Å². The summed E-state index contributed by atoms with van der Waals surface area (Å²) in [6, 6.07) is 15.7. The van der Waals surface area contributed by atoms with Gasteiger partial charge in [0, 0.05) is 31.0 Å². The van der Waals surface area contributed by atoms with Crippen molar-refractivity contribution in [2.24, 2.45) is 0 Å². The number of halogens is 4. The van der Waals surface area contributed by atoms with Gasteiger partial charge in [0.15, 0.2) is 6.29 Å². The molecular formula is C31H35Cl3FN3O5S. The van der Waals surface area contributed by atoms with E-state index in [0.717, 1.165) is 16.1 Å². The van der Waals surface area contributed by atoms with Crippen molar-refractivity contribution >= 4 is 56.9 Å². The molecule has 3 atom stereocenters. The van der Waals surface area contributed by atoms with Crippen LogP contribution in [-0.2, 0) is 30.8 Å². The highest BCUT2D eigenvalue weighted by atomic mass is 35.6. The molecule has 0 radical (unpaired) electrons. The number of sulfonamides is 1. The number of hydrogen-bond donors (Lipinski definition) is 0. The van der Waals surface area contributed by atoms with Gasteiger partial charge in [-0.2, -0.15) is 0 Å². The van der Waals surface area contributed by atoms with Gasteiger partial charge in [-0.05, 0) is 35.7 Å². The molecule has 3 aromatic rings. The number of aromatic nitrogens is 2. The minimum atomic E-state index is -3.65. The molecule has 13 heteroatoms. The van der Waals surface area contributed by atoms with E-state index in [1.807, 2.05) is 56.3 Å². The Labute approximate surface area is 273 Å². The van der Waals surface area contributed by atoms with E-state index in [4.69, 9.17) is 49.0 Å². The summed E-state index contributed by atoms with van der Waals surface area (Å²) in [5.74, 6) is -0.509. The van der Waals surface area contributed by atoms with E-state index in [-0.39, 0.29) is 24.6 Å². The van der Waals surface area contributed by atoms with Gasteiger partial charge in [0.05, 0.1) is 43.1 Å². The summed E-state index contributed by atoms with van der Waals surface area (Å²) in [6.45, 7) is 4.14. The Morgan fingerprint density at radius 3 is 2.36 bits per heavy atom. The zero-order valence-corrected chi connectivity index (χ0v) is 27.9. The number of benzene rings is 2. The second-order valence-corrected chi connectivity index (χ2v) is 15.4. The van der Waals surface area contributed by atoms with E-state index in [1.54, 1.807) is 12.1 Å². The Morgan fingerprint density at radius 2 is 1.75 bits per heavy atom. The first-order valence-corrected chi connectivity index (χ1v) is 17.0. The minimum Gasteiger partial charge on any atom is -0.373 e. The van der Waals surface area contributed by atoms with Crippen molar-refractivity contribution < 1.29 is 27.0 Å². The summed E-state index contributed by atoms with van der Waals surface area (Å²) in [4.78, 5) is 9.25. The fourth-order valence-electron chi connectivity index (χ4n) is 4.62. The maximum absolute atomic E-state index is 13.8.